The summed E-state index contributed by atoms with van der Waals surface area (Å²) in [5.41, 5.74) is 7.71. The highest BCUT2D eigenvalue weighted by Crippen LogP contribution is 2.21. The van der Waals surface area contributed by atoms with E-state index in [-0.39, 0.29) is 0 Å². The van der Waals surface area contributed by atoms with Gasteiger partial charge >= 0.3 is 0 Å². The van der Waals surface area contributed by atoms with Crippen LogP contribution in [-0.2, 0) is 0 Å². The van der Waals surface area contributed by atoms with Crippen LogP contribution in [0, 0.1) is 0 Å². The Hall–Kier alpha value is -0.220. The van der Waals surface area contributed by atoms with Gasteiger partial charge in [-0.15, -0.1) is 0 Å². The van der Waals surface area contributed by atoms with Gasteiger partial charge in [-0.25, -0.2) is 0 Å². The summed E-state index contributed by atoms with van der Waals surface area (Å²) in [7, 11) is 0. The molecule has 0 aromatic carbocycles. The molecule has 60 valence electrons. The number of rotatable bonds is 0. The van der Waals surface area contributed by atoms with Crippen LogP contribution in [0.5, 0.6) is 0 Å². The number of allylic oxidation sites excluding steroid dienone is 2. The van der Waals surface area contributed by atoms with Gasteiger partial charge in [-0.3, -0.25) is 0 Å². The van der Waals surface area contributed by atoms with Crippen molar-refractivity contribution in [3.63, 3.8) is 0 Å². The molecule has 0 saturated heterocycles. The van der Waals surface area contributed by atoms with E-state index in [4.69, 9.17) is 0 Å². The summed E-state index contributed by atoms with van der Waals surface area (Å²) in [4.78, 5) is 0. The summed E-state index contributed by atoms with van der Waals surface area (Å²) < 4.78 is 1.04. The Morgan fingerprint density at radius 1 is 1.27 bits per heavy atom. The number of halogens is 1. The Morgan fingerprint density at radius 2 is 1.91 bits per heavy atom. The maximum atomic E-state index is 3.33. The highest BCUT2D eigenvalue weighted by molar-refractivity contribution is 9.11. The monoisotopic (exact) mass is 212 g/mol. The molecule has 0 aliphatic heterocycles. The van der Waals surface area contributed by atoms with E-state index in [2.05, 4.69) is 27.4 Å². The SMILES string of the molecule is CC(Br)=C=C=C1CCCCC1. The second-order valence-electron chi connectivity index (χ2n) is 2.95. The van der Waals surface area contributed by atoms with Crippen molar-refractivity contribution in [2.24, 2.45) is 0 Å². The quantitative estimate of drug-likeness (QED) is 0.535. The first-order valence-electron chi connectivity index (χ1n) is 4.15. The minimum absolute atomic E-state index is 1.04. The zero-order valence-corrected chi connectivity index (χ0v) is 8.50. The van der Waals surface area contributed by atoms with Crippen molar-refractivity contribution in [1.82, 2.24) is 0 Å². The van der Waals surface area contributed by atoms with Crippen LogP contribution in [0.3, 0.4) is 0 Å². The molecule has 0 N–H and O–H groups in total. The molecule has 0 radical (unpaired) electrons. The number of hydrogen-bond donors (Lipinski definition) is 0. The lowest BCUT2D eigenvalue weighted by Gasteiger charge is -2.09. The van der Waals surface area contributed by atoms with Crippen LogP contribution in [-0.4, -0.2) is 0 Å². The van der Waals surface area contributed by atoms with Crippen LogP contribution < -0.4 is 0 Å². The molecule has 0 amide bonds. The van der Waals surface area contributed by atoms with Gasteiger partial charge in [0, 0.05) is 4.48 Å². The lowest BCUT2D eigenvalue weighted by molar-refractivity contribution is 0.600. The molecular formula is C10H13Br. The van der Waals surface area contributed by atoms with Gasteiger partial charge in [0.05, 0.1) is 0 Å². The molecule has 0 nitrogen and oxygen atoms in total. The predicted molar refractivity (Wildman–Crippen MR) is 51.7 cm³/mol. The topological polar surface area (TPSA) is 0 Å². The average Bonchev–Trinajstić information content (AvgIpc) is 2.03. The normalized spacial score (nSPS) is 17.1. The van der Waals surface area contributed by atoms with Crippen LogP contribution >= 0.6 is 15.9 Å². The zero-order valence-electron chi connectivity index (χ0n) is 6.91. The van der Waals surface area contributed by atoms with Crippen molar-refractivity contribution >= 4 is 15.9 Å². The van der Waals surface area contributed by atoms with Gasteiger partial charge < -0.3 is 0 Å². The minimum atomic E-state index is 1.04. The van der Waals surface area contributed by atoms with Gasteiger partial charge in [0.2, 0.25) is 0 Å². The zero-order chi connectivity index (χ0) is 8.10. The summed E-state index contributed by atoms with van der Waals surface area (Å²) >= 11 is 3.33. The summed E-state index contributed by atoms with van der Waals surface area (Å²) in [5.74, 6) is 0. The van der Waals surface area contributed by atoms with E-state index in [0.29, 0.717) is 0 Å². The van der Waals surface area contributed by atoms with Gasteiger partial charge in [-0.05, 0) is 54.1 Å². The summed E-state index contributed by atoms with van der Waals surface area (Å²) in [6, 6.07) is 0. The molecule has 1 aliphatic carbocycles. The van der Waals surface area contributed by atoms with Gasteiger partial charge in [0.1, 0.15) is 0 Å². The lowest BCUT2D eigenvalue weighted by atomic mass is 9.96. The molecule has 0 atom stereocenters. The Bertz CT molecular complexity index is 213. The molecule has 1 fully saturated rings. The highest BCUT2D eigenvalue weighted by atomic mass is 79.9. The van der Waals surface area contributed by atoms with E-state index in [1.807, 2.05) is 6.92 Å². The second kappa shape index (κ2) is 4.62. The smallest absolute Gasteiger partial charge is 0.0421 e. The fourth-order valence-corrected chi connectivity index (χ4v) is 1.38. The van der Waals surface area contributed by atoms with Gasteiger partial charge in [0.15, 0.2) is 0 Å². The molecule has 0 spiro atoms. The van der Waals surface area contributed by atoms with Crippen LogP contribution in [0.2, 0.25) is 0 Å². The third-order valence-electron chi connectivity index (χ3n) is 1.87. The lowest BCUT2D eigenvalue weighted by Crippen LogP contribution is -1.91. The number of hydrogen-bond acceptors (Lipinski definition) is 0. The molecule has 0 aromatic rings. The Kier molecular flexibility index (Phi) is 3.72. The van der Waals surface area contributed by atoms with Gasteiger partial charge in [-0.2, -0.15) is 0 Å². The molecule has 1 saturated carbocycles. The van der Waals surface area contributed by atoms with Crippen molar-refractivity contribution in [3.8, 4) is 0 Å². The molecule has 1 heteroatoms. The Balaban J connectivity index is 2.72. The van der Waals surface area contributed by atoms with Crippen LogP contribution in [0.4, 0.5) is 0 Å². The largest absolute Gasteiger partial charge is 0.0703 e. The van der Waals surface area contributed by atoms with Gasteiger partial charge in [0.25, 0.3) is 0 Å². The molecule has 11 heavy (non-hydrogen) atoms. The second-order valence-corrected chi connectivity index (χ2v) is 4.14. The van der Waals surface area contributed by atoms with E-state index in [1.165, 1.54) is 37.7 Å². The third-order valence-corrected chi connectivity index (χ3v) is 2.07. The molecule has 0 unspecified atom stereocenters. The van der Waals surface area contributed by atoms with Crippen molar-refractivity contribution in [3.05, 3.63) is 21.5 Å². The minimum Gasteiger partial charge on any atom is -0.0703 e. The third kappa shape index (κ3) is 3.62. The van der Waals surface area contributed by atoms with E-state index in [0.717, 1.165) is 4.48 Å². The Morgan fingerprint density at radius 3 is 2.45 bits per heavy atom. The fourth-order valence-electron chi connectivity index (χ4n) is 1.28. The summed E-state index contributed by atoms with van der Waals surface area (Å²) in [5, 5.41) is 0. The average molecular weight is 213 g/mol. The van der Waals surface area contributed by atoms with E-state index in [9.17, 15) is 0 Å². The highest BCUT2D eigenvalue weighted by Gasteiger charge is 2.02. The van der Waals surface area contributed by atoms with E-state index in [1.54, 1.807) is 0 Å². The van der Waals surface area contributed by atoms with Crippen molar-refractivity contribution < 1.29 is 0 Å². The summed E-state index contributed by atoms with van der Waals surface area (Å²) in [6.07, 6.45) is 6.53. The molecule has 1 rings (SSSR count). The first kappa shape index (κ1) is 8.87. The molecular weight excluding hydrogens is 200 g/mol. The molecule has 1 aliphatic rings. The molecule has 0 bridgehead atoms. The predicted octanol–water partition coefficient (Wildman–Crippen LogP) is 3.93. The van der Waals surface area contributed by atoms with E-state index >= 15 is 0 Å². The van der Waals surface area contributed by atoms with Crippen molar-refractivity contribution in [2.75, 3.05) is 0 Å². The first-order valence-corrected chi connectivity index (χ1v) is 4.94. The standard InChI is InChI=1S/C10H13Br/c1-9(11)7-8-10-5-3-2-4-6-10/h2-6H2,1H3. The van der Waals surface area contributed by atoms with E-state index < -0.39 is 0 Å². The fraction of sp³-hybridized carbons (Fsp3) is 0.600. The van der Waals surface area contributed by atoms with Crippen molar-refractivity contribution in [1.29, 1.82) is 0 Å². The maximum absolute atomic E-state index is 3.33. The molecule has 0 heterocycles. The first-order chi connectivity index (χ1) is 5.29. The maximum Gasteiger partial charge on any atom is 0.0421 e. The van der Waals surface area contributed by atoms with Crippen LogP contribution in [0.25, 0.3) is 0 Å². The van der Waals surface area contributed by atoms with Gasteiger partial charge in [-0.1, -0.05) is 17.9 Å². The van der Waals surface area contributed by atoms with Crippen LogP contribution in [0.15, 0.2) is 21.5 Å². The van der Waals surface area contributed by atoms with Crippen LogP contribution in [0.1, 0.15) is 39.0 Å². The summed E-state index contributed by atoms with van der Waals surface area (Å²) in [6.45, 7) is 1.98. The van der Waals surface area contributed by atoms with Crippen molar-refractivity contribution in [2.45, 2.75) is 39.0 Å². The molecule has 0 aromatic heterocycles. The Labute approximate surface area is 76.8 Å².